The number of alkyl halides is 9. The Labute approximate surface area is 247 Å². The molecular formula is C24H37F9N4O7. The molecule has 0 saturated heterocycles. The number of carbonyl (C=O) groups is 2. The Hall–Kier alpha value is -2.38. The maximum atomic E-state index is 14.2. The molecule has 0 spiro atoms. The first-order chi connectivity index (χ1) is 20.4. The zero-order valence-electron chi connectivity index (χ0n) is 24.2. The SMILES string of the molecule is CCCOCCN(CCOCCN=[N+]=[N-])C(=O)CCOCCCC(=O)C(OCC(F)(OC(F)(F)CC)C(F)(F)F)C(F)(F)F. The molecular weight excluding hydrogens is 627 g/mol. The molecule has 0 saturated carbocycles. The van der Waals surface area contributed by atoms with Crippen LogP contribution in [0.1, 0.15) is 46.0 Å². The van der Waals surface area contributed by atoms with Gasteiger partial charge in [-0.2, -0.15) is 39.5 Å². The smallest absolute Gasteiger partial charge is 0.381 e. The van der Waals surface area contributed by atoms with Crippen molar-refractivity contribution < 1.29 is 72.8 Å². The average Bonchev–Trinajstić information content (AvgIpc) is 2.91. The topological polar surface area (TPSA) is 132 Å². The Morgan fingerprint density at radius 3 is 1.95 bits per heavy atom. The summed E-state index contributed by atoms with van der Waals surface area (Å²) in [5.74, 6) is -7.51. The van der Waals surface area contributed by atoms with Crippen LogP contribution in [0.2, 0.25) is 0 Å². The molecule has 44 heavy (non-hydrogen) atoms. The van der Waals surface area contributed by atoms with Crippen molar-refractivity contribution in [2.45, 2.75) is 76.4 Å². The molecule has 0 heterocycles. The Bertz CT molecular complexity index is 891. The second-order valence-corrected chi connectivity index (χ2v) is 9.04. The zero-order chi connectivity index (χ0) is 33.9. The maximum Gasteiger partial charge on any atom is 0.451 e. The van der Waals surface area contributed by atoms with Gasteiger partial charge in [-0.1, -0.05) is 19.0 Å². The van der Waals surface area contributed by atoms with Crippen molar-refractivity contribution in [3.05, 3.63) is 10.4 Å². The third-order valence-electron chi connectivity index (χ3n) is 5.45. The number of hydrogen-bond acceptors (Lipinski definition) is 8. The van der Waals surface area contributed by atoms with E-state index < -0.39 is 55.7 Å². The van der Waals surface area contributed by atoms with Crippen molar-refractivity contribution in [1.29, 1.82) is 0 Å². The molecule has 0 N–H and O–H groups in total. The van der Waals surface area contributed by atoms with Gasteiger partial charge in [0.25, 0.3) is 0 Å². The van der Waals surface area contributed by atoms with Crippen LogP contribution in [-0.4, -0.2) is 113 Å². The van der Waals surface area contributed by atoms with Crippen molar-refractivity contribution >= 4 is 11.7 Å². The number of rotatable bonds is 25. The maximum absolute atomic E-state index is 14.2. The lowest BCUT2D eigenvalue weighted by Crippen LogP contribution is -2.53. The fourth-order valence-corrected chi connectivity index (χ4v) is 3.15. The summed E-state index contributed by atoms with van der Waals surface area (Å²) in [6.07, 6.45) is -22.2. The third-order valence-corrected chi connectivity index (χ3v) is 5.45. The lowest BCUT2D eigenvalue weighted by Gasteiger charge is -2.32. The molecule has 0 aromatic heterocycles. The molecule has 1 amide bonds. The highest BCUT2D eigenvalue weighted by Gasteiger charge is 2.63. The summed E-state index contributed by atoms with van der Waals surface area (Å²) in [4.78, 5) is 28.6. The minimum atomic E-state index is -6.21. The van der Waals surface area contributed by atoms with E-state index in [1.54, 1.807) is 0 Å². The molecule has 0 fully saturated rings. The number of Topliss-reactive ketones (excluding diaryl/α,β-unsaturated/α-hetero) is 1. The van der Waals surface area contributed by atoms with Gasteiger partial charge >= 0.3 is 24.3 Å². The number of amides is 1. The minimum absolute atomic E-state index is 0.104. The lowest BCUT2D eigenvalue weighted by molar-refractivity contribution is -0.423. The van der Waals surface area contributed by atoms with Gasteiger partial charge < -0.3 is 23.8 Å². The fraction of sp³-hybridized carbons (Fsp3) is 0.917. The van der Waals surface area contributed by atoms with Gasteiger partial charge in [-0.3, -0.25) is 14.3 Å². The molecule has 258 valence electrons. The first kappa shape index (κ1) is 41.6. The summed E-state index contributed by atoms with van der Waals surface area (Å²) in [5.41, 5.74) is 8.24. The molecule has 11 nitrogen and oxygen atoms in total. The number of ether oxygens (including phenoxy) is 5. The quantitative estimate of drug-likeness (QED) is 0.0413. The van der Waals surface area contributed by atoms with Crippen molar-refractivity contribution in [1.82, 2.24) is 4.90 Å². The molecule has 0 aromatic carbocycles. The highest BCUT2D eigenvalue weighted by Crippen LogP contribution is 2.41. The van der Waals surface area contributed by atoms with Crippen LogP contribution >= 0.6 is 0 Å². The largest absolute Gasteiger partial charge is 0.451 e. The van der Waals surface area contributed by atoms with Crippen LogP contribution in [0.4, 0.5) is 39.5 Å². The van der Waals surface area contributed by atoms with E-state index in [0.717, 1.165) is 6.42 Å². The normalized spacial score (nSPS) is 14.5. The minimum Gasteiger partial charge on any atom is -0.381 e. The first-order valence-electron chi connectivity index (χ1n) is 13.5. The van der Waals surface area contributed by atoms with Gasteiger partial charge in [0.2, 0.25) is 12.0 Å². The van der Waals surface area contributed by atoms with Gasteiger partial charge in [0.15, 0.2) is 5.78 Å². The molecule has 0 bridgehead atoms. The number of azide groups is 1. The summed E-state index contributed by atoms with van der Waals surface area (Å²) in [6, 6.07) is 0. The molecule has 0 rings (SSSR count). The molecule has 0 radical (unpaired) electrons. The van der Waals surface area contributed by atoms with E-state index in [2.05, 4.69) is 19.5 Å². The van der Waals surface area contributed by atoms with Crippen LogP contribution in [0, 0.1) is 0 Å². The van der Waals surface area contributed by atoms with E-state index in [-0.39, 0.29) is 71.4 Å². The van der Waals surface area contributed by atoms with Crippen LogP contribution < -0.4 is 0 Å². The highest BCUT2D eigenvalue weighted by molar-refractivity contribution is 5.83. The number of nitrogens with zero attached hydrogens (tertiary/aromatic N) is 4. The summed E-state index contributed by atoms with van der Waals surface area (Å²) in [7, 11) is 0. The average molecular weight is 665 g/mol. The Kier molecular flexibility index (Phi) is 19.5. The van der Waals surface area contributed by atoms with Crippen molar-refractivity contribution in [2.24, 2.45) is 5.11 Å². The number of carbonyl (C=O) groups excluding carboxylic acids is 2. The van der Waals surface area contributed by atoms with Gasteiger partial charge in [0, 0.05) is 50.6 Å². The number of hydrogen-bond donors (Lipinski definition) is 0. The number of halogens is 9. The van der Waals surface area contributed by atoms with Crippen molar-refractivity contribution in [2.75, 3.05) is 65.9 Å². The van der Waals surface area contributed by atoms with Gasteiger partial charge in [0.1, 0.15) is 6.61 Å². The monoisotopic (exact) mass is 664 g/mol. The molecule has 20 heteroatoms. The Morgan fingerprint density at radius 2 is 1.43 bits per heavy atom. The van der Waals surface area contributed by atoms with Crippen LogP contribution in [-0.2, 0) is 33.3 Å². The van der Waals surface area contributed by atoms with E-state index in [0.29, 0.717) is 13.5 Å². The van der Waals surface area contributed by atoms with E-state index in [1.807, 2.05) is 6.92 Å². The second kappa shape index (κ2) is 20.6. The zero-order valence-corrected chi connectivity index (χ0v) is 24.2. The van der Waals surface area contributed by atoms with Crippen LogP contribution in [0.3, 0.4) is 0 Å². The van der Waals surface area contributed by atoms with Gasteiger partial charge in [-0.15, -0.1) is 0 Å². The molecule has 0 aliphatic heterocycles. The Morgan fingerprint density at radius 1 is 0.841 bits per heavy atom. The second-order valence-electron chi connectivity index (χ2n) is 9.04. The highest BCUT2D eigenvalue weighted by atomic mass is 19.4. The predicted molar refractivity (Wildman–Crippen MR) is 134 cm³/mol. The molecule has 0 aliphatic rings. The van der Waals surface area contributed by atoms with Gasteiger partial charge in [0.05, 0.1) is 32.8 Å². The summed E-state index contributed by atoms with van der Waals surface area (Å²) >= 11 is 0. The number of ketones is 1. The fourth-order valence-electron chi connectivity index (χ4n) is 3.15. The Balaban J connectivity index is 4.87. The van der Waals surface area contributed by atoms with Crippen LogP contribution in [0.5, 0.6) is 0 Å². The van der Waals surface area contributed by atoms with Crippen LogP contribution in [0.25, 0.3) is 10.4 Å². The van der Waals surface area contributed by atoms with E-state index in [1.165, 1.54) is 4.90 Å². The van der Waals surface area contributed by atoms with Crippen molar-refractivity contribution in [3.8, 4) is 0 Å². The van der Waals surface area contributed by atoms with E-state index >= 15 is 0 Å². The molecule has 0 aliphatic carbocycles. The molecule has 2 unspecified atom stereocenters. The van der Waals surface area contributed by atoms with Gasteiger partial charge in [-0.25, -0.2) is 0 Å². The summed E-state index contributed by atoms with van der Waals surface area (Å²) in [5, 5.41) is 3.30. The molecule has 2 atom stereocenters. The van der Waals surface area contributed by atoms with Crippen molar-refractivity contribution in [3.63, 3.8) is 0 Å². The van der Waals surface area contributed by atoms with E-state index in [4.69, 9.17) is 19.7 Å². The molecule has 0 aromatic rings. The van der Waals surface area contributed by atoms with Crippen LogP contribution in [0.15, 0.2) is 5.11 Å². The van der Waals surface area contributed by atoms with E-state index in [9.17, 15) is 49.1 Å². The third kappa shape index (κ3) is 17.2. The van der Waals surface area contributed by atoms with Gasteiger partial charge in [-0.05, 0) is 18.4 Å². The first-order valence-corrected chi connectivity index (χ1v) is 13.5. The standard InChI is InChI=1S/C24H37F9N4O7/c1-3-11-40-15-9-37(10-16-42-14-8-35-36-34)19(39)7-13-41-12-5-6-18(38)20(23(28,29)30)43-17-21(25,24(31,32)33)44-22(26,27)4-2/h20H,3-17H2,1-2H3. The summed E-state index contributed by atoms with van der Waals surface area (Å²) in [6.45, 7) is 0.812. The lowest BCUT2D eigenvalue weighted by atomic mass is 10.1. The summed E-state index contributed by atoms with van der Waals surface area (Å²) < 4.78 is 142. The predicted octanol–water partition coefficient (Wildman–Crippen LogP) is 5.52.